The van der Waals surface area contributed by atoms with Crippen LogP contribution in [0.5, 0.6) is 0 Å². The molecule has 0 atom stereocenters. The third kappa shape index (κ3) is 3.87. The smallest absolute Gasteiger partial charge is 0.338 e. The summed E-state index contributed by atoms with van der Waals surface area (Å²) in [6, 6.07) is 14.4. The second kappa shape index (κ2) is 6.21. The van der Waals surface area contributed by atoms with Gasteiger partial charge in [0.05, 0.1) is 16.1 Å². The Kier molecular flexibility index (Phi) is 4.54. The van der Waals surface area contributed by atoms with E-state index in [4.69, 9.17) is 21.6 Å². The number of halogens is 1. The molecule has 0 aromatic heterocycles. The number of esters is 1. The number of ether oxygens (including phenoxy) is 1. The normalized spacial score (nSPS) is 10.9. The molecular weight excluding hydrogens is 298 g/mol. The van der Waals surface area contributed by atoms with Gasteiger partial charge >= 0.3 is 5.97 Å². The first-order chi connectivity index (χ1) is 10.3. The van der Waals surface area contributed by atoms with E-state index in [1.54, 1.807) is 24.3 Å². The first-order valence-electron chi connectivity index (χ1n) is 6.83. The molecule has 0 saturated carbocycles. The fraction of sp³-hybridized carbons (Fsp3) is 0.222. The summed E-state index contributed by atoms with van der Waals surface area (Å²) in [4.78, 5) is 12.0. The van der Waals surface area contributed by atoms with Crippen LogP contribution in [-0.4, -0.2) is 11.6 Å². The quantitative estimate of drug-likeness (QED) is 0.746. The van der Waals surface area contributed by atoms with E-state index in [2.05, 4.69) is 0 Å². The van der Waals surface area contributed by atoms with Crippen molar-refractivity contribution in [3.8, 4) is 17.2 Å². The Hall–Kier alpha value is -2.31. The second-order valence-corrected chi connectivity index (χ2v) is 6.29. The van der Waals surface area contributed by atoms with Gasteiger partial charge in [-0.05, 0) is 56.2 Å². The predicted molar refractivity (Wildman–Crippen MR) is 86.8 cm³/mol. The van der Waals surface area contributed by atoms with Gasteiger partial charge in [-0.15, -0.1) is 0 Å². The SMILES string of the molecule is CC(C)(C)OC(=O)c1ccc(-c2ccc(C#N)c(Cl)c2)cc1. The number of carbonyl (C=O) groups is 1. The molecule has 4 heteroatoms. The van der Waals surface area contributed by atoms with Crippen molar-refractivity contribution in [2.75, 3.05) is 0 Å². The minimum absolute atomic E-state index is 0.350. The van der Waals surface area contributed by atoms with E-state index in [-0.39, 0.29) is 5.97 Å². The second-order valence-electron chi connectivity index (χ2n) is 5.89. The zero-order valence-corrected chi connectivity index (χ0v) is 13.4. The summed E-state index contributed by atoms with van der Waals surface area (Å²) in [5.41, 5.74) is 2.23. The van der Waals surface area contributed by atoms with E-state index in [0.717, 1.165) is 11.1 Å². The van der Waals surface area contributed by atoms with Gasteiger partial charge in [-0.25, -0.2) is 4.79 Å². The molecule has 2 aromatic rings. The van der Waals surface area contributed by atoms with Crippen molar-refractivity contribution < 1.29 is 9.53 Å². The monoisotopic (exact) mass is 313 g/mol. The van der Waals surface area contributed by atoms with Gasteiger partial charge in [-0.3, -0.25) is 0 Å². The van der Waals surface area contributed by atoms with Crippen molar-refractivity contribution in [1.82, 2.24) is 0 Å². The van der Waals surface area contributed by atoms with Crippen molar-refractivity contribution >= 4 is 17.6 Å². The lowest BCUT2D eigenvalue weighted by atomic mass is 10.0. The van der Waals surface area contributed by atoms with E-state index in [0.29, 0.717) is 16.1 Å². The minimum Gasteiger partial charge on any atom is -0.456 e. The topological polar surface area (TPSA) is 50.1 Å². The van der Waals surface area contributed by atoms with Gasteiger partial charge < -0.3 is 4.74 Å². The standard InChI is InChI=1S/C18H16ClNO2/c1-18(2,3)22-17(21)13-6-4-12(5-7-13)14-8-9-15(11-20)16(19)10-14/h4-10H,1-3H3. The number of rotatable bonds is 2. The van der Waals surface area contributed by atoms with Crippen LogP contribution in [0.15, 0.2) is 42.5 Å². The molecule has 0 aliphatic rings. The molecule has 0 heterocycles. The van der Waals surface area contributed by atoms with Gasteiger partial charge in [0, 0.05) is 0 Å². The molecule has 0 radical (unpaired) electrons. The predicted octanol–water partition coefficient (Wildman–Crippen LogP) is 4.83. The third-order valence-electron chi connectivity index (χ3n) is 2.94. The summed E-state index contributed by atoms with van der Waals surface area (Å²) in [5, 5.41) is 9.30. The van der Waals surface area contributed by atoms with Crippen LogP contribution in [0.4, 0.5) is 0 Å². The molecule has 0 N–H and O–H groups in total. The van der Waals surface area contributed by atoms with Gasteiger partial charge in [0.1, 0.15) is 11.7 Å². The third-order valence-corrected chi connectivity index (χ3v) is 3.26. The molecule has 0 fully saturated rings. The zero-order valence-electron chi connectivity index (χ0n) is 12.7. The Bertz CT molecular complexity index is 737. The molecule has 0 aliphatic heterocycles. The Morgan fingerprint density at radius 3 is 2.18 bits per heavy atom. The summed E-state index contributed by atoms with van der Waals surface area (Å²) >= 11 is 6.04. The molecule has 0 saturated heterocycles. The van der Waals surface area contributed by atoms with Gasteiger partial charge in [0.15, 0.2) is 0 Å². The fourth-order valence-corrected chi connectivity index (χ4v) is 2.14. The van der Waals surface area contributed by atoms with Gasteiger partial charge in [-0.2, -0.15) is 5.26 Å². The van der Waals surface area contributed by atoms with Crippen LogP contribution >= 0.6 is 11.6 Å². The largest absolute Gasteiger partial charge is 0.456 e. The van der Waals surface area contributed by atoms with Crippen molar-refractivity contribution in [2.24, 2.45) is 0 Å². The highest BCUT2D eigenvalue weighted by atomic mass is 35.5. The Balaban J connectivity index is 2.24. The molecule has 0 amide bonds. The maximum atomic E-state index is 12.0. The van der Waals surface area contributed by atoms with Crippen LogP contribution in [-0.2, 0) is 4.74 Å². The molecule has 2 aromatic carbocycles. The van der Waals surface area contributed by atoms with Crippen molar-refractivity contribution in [3.63, 3.8) is 0 Å². The van der Waals surface area contributed by atoms with Crippen molar-refractivity contribution in [3.05, 3.63) is 58.6 Å². The van der Waals surface area contributed by atoms with Gasteiger partial charge in [0.25, 0.3) is 0 Å². The van der Waals surface area contributed by atoms with E-state index in [1.807, 2.05) is 45.0 Å². The molecule has 0 spiro atoms. The fourth-order valence-electron chi connectivity index (χ4n) is 1.92. The summed E-state index contributed by atoms with van der Waals surface area (Å²) < 4.78 is 5.32. The molecule has 0 bridgehead atoms. The number of hydrogen-bond donors (Lipinski definition) is 0. The summed E-state index contributed by atoms with van der Waals surface area (Å²) in [6.07, 6.45) is 0. The molecule has 22 heavy (non-hydrogen) atoms. The number of nitriles is 1. The van der Waals surface area contributed by atoms with Crippen molar-refractivity contribution in [2.45, 2.75) is 26.4 Å². The lowest BCUT2D eigenvalue weighted by molar-refractivity contribution is 0.00696. The molecule has 0 unspecified atom stereocenters. The average molecular weight is 314 g/mol. The van der Waals surface area contributed by atoms with Gasteiger partial charge in [0.2, 0.25) is 0 Å². The van der Waals surface area contributed by atoms with Crippen LogP contribution in [0.3, 0.4) is 0 Å². The highest BCUT2D eigenvalue weighted by molar-refractivity contribution is 6.32. The van der Waals surface area contributed by atoms with Gasteiger partial charge in [-0.1, -0.05) is 29.8 Å². The minimum atomic E-state index is -0.517. The lowest BCUT2D eigenvalue weighted by Gasteiger charge is -2.19. The van der Waals surface area contributed by atoms with Crippen molar-refractivity contribution in [1.29, 1.82) is 5.26 Å². The number of benzene rings is 2. The van der Waals surface area contributed by atoms with Crippen LogP contribution in [0.2, 0.25) is 5.02 Å². The molecule has 112 valence electrons. The highest BCUT2D eigenvalue weighted by Gasteiger charge is 2.17. The van der Waals surface area contributed by atoms with Crippen LogP contribution in [0.25, 0.3) is 11.1 Å². The van der Waals surface area contributed by atoms with E-state index >= 15 is 0 Å². The number of nitrogens with zero attached hydrogens (tertiary/aromatic N) is 1. The average Bonchev–Trinajstić information content (AvgIpc) is 2.45. The first-order valence-corrected chi connectivity index (χ1v) is 7.21. The number of hydrogen-bond acceptors (Lipinski definition) is 3. The lowest BCUT2D eigenvalue weighted by Crippen LogP contribution is -2.23. The Morgan fingerprint density at radius 1 is 1.09 bits per heavy atom. The number of carbonyl (C=O) groups excluding carboxylic acids is 1. The van der Waals surface area contributed by atoms with Crippen LogP contribution < -0.4 is 0 Å². The maximum absolute atomic E-state index is 12.0. The highest BCUT2D eigenvalue weighted by Crippen LogP contribution is 2.26. The molecular formula is C18H16ClNO2. The zero-order chi connectivity index (χ0) is 16.3. The Morgan fingerprint density at radius 2 is 1.68 bits per heavy atom. The molecule has 3 nitrogen and oxygen atoms in total. The summed E-state index contributed by atoms with van der Waals surface area (Å²) in [7, 11) is 0. The van der Waals surface area contributed by atoms with E-state index < -0.39 is 5.60 Å². The van der Waals surface area contributed by atoms with E-state index in [1.165, 1.54) is 0 Å². The van der Waals surface area contributed by atoms with E-state index in [9.17, 15) is 4.79 Å². The Labute approximate surface area is 135 Å². The van der Waals surface area contributed by atoms with Crippen LogP contribution in [0, 0.1) is 11.3 Å². The first kappa shape index (κ1) is 16.1. The summed E-state index contributed by atoms with van der Waals surface area (Å²) in [6.45, 7) is 5.49. The summed E-state index contributed by atoms with van der Waals surface area (Å²) in [5.74, 6) is -0.350. The molecule has 0 aliphatic carbocycles. The maximum Gasteiger partial charge on any atom is 0.338 e. The van der Waals surface area contributed by atoms with Crippen LogP contribution in [0.1, 0.15) is 36.7 Å². The molecule has 2 rings (SSSR count).